The number of benzene rings is 2. The van der Waals surface area contributed by atoms with Crippen LogP contribution in [-0.2, 0) is 13.2 Å². The van der Waals surface area contributed by atoms with Gasteiger partial charge in [0, 0.05) is 34.4 Å². The molecule has 0 amide bonds. The maximum Gasteiger partial charge on any atom is 0.213 e. The van der Waals surface area contributed by atoms with E-state index in [1.165, 1.54) is 5.56 Å². The van der Waals surface area contributed by atoms with Gasteiger partial charge in [-0.05, 0) is 48.9 Å². The fourth-order valence-electron chi connectivity index (χ4n) is 2.54. The molecule has 0 fully saturated rings. The predicted octanol–water partition coefficient (Wildman–Crippen LogP) is 5.53. The Hall–Kier alpha value is -2.27. The number of nitrogens with zero attached hydrogens (tertiary/aromatic N) is 1. The SMILES string of the molecule is Clc1ccc(COc2ccc(CNCCCOc3ccccn3)cc2)c(Cl)c1. The fourth-order valence-corrected chi connectivity index (χ4v) is 3.01. The Labute approximate surface area is 175 Å². The van der Waals surface area contributed by atoms with Crippen molar-refractivity contribution < 1.29 is 9.47 Å². The minimum atomic E-state index is 0.407. The Morgan fingerprint density at radius 3 is 2.54 bits per heavy atom. The van der Waals surface area contributed by atoms with Gasteiger partial charge in [0.15, 0.2) is 0 Å². The summed E-state index contributed by atoms with van der Waals surface area (Å²) in [5.74, 6) is 1.47. The smallest absolute Gasteiger partial charge is 0.213 e. The lowest BCUT2D eigenvalue weighted by molar-refractivity contribution is 0.296. The lowest BCUT2D eigenvalue weighted by Crippen LogP contribution is -2.17. The third kappa shape index (κ3) is 6.71. The average molecular weight is 417 g/mol. The van der Waals surface area contributed by atoms with E-state index in [0.717, 1.165) is 30.8 Å². The van der Waals surface area contributed by atoms with Crippen molar-refractivity contribution in [3.05, 3.63) is 88.0 Å². The van der Waals surface area contributed by atoms with Gasteiger partial charge in [-0.25, -0.2) is 4.98 Å². The van der Waals surface area contributed by atoms with E-state index in [0.29, 0.717) is 29.1 Å². The van der Waals surface area contributed by atoms with E-state index in [4.69, 9.17) is 32.7 Å². The van der Waals surface area contributed by atoms with E-state index in [-0.39, 0.29) is 0 Å². The van der Waals surface area contributed by atoms with Crippen molar-refractivity contribution in [2.24, 2.45) is 0 Å². The molecule has 0 spiro atoms. The molecule has 146 valence electrons. The molecule has 4 nitrogen and oxygen atoms in total. The number of rotatable bonds is 10. The molecule has 28 heavy (non-hydrogen) atoms. The zero-order chi connectivity index (χ0) is 19.6. The van der Waals surface area contributed by atoms with Crippen LogP contribution in [0.4, 0.5) is 0 Å². The van der Waals surface area contributed by atoms with Crippen molar-refractivity contribution in [3.63, 3.8) is 0 Å². The van der Waals surface area contributed by atoms with Crippen LogP contribution in [0.25, 0.3) is 0 Å². The Balaban J connectivity index is 1.34. The van der Waals surface area contributed by atoms with Crippen LogP contribution in [0.5, 0.6) is 11.6 Å². The summed E-state index contributed by atoms with van der Waals surface area (Å²) in [6, 6.07) is 19.1. The molecule has 3 rings (SSSR count). The molecule has 0 atom stereocenters. The quantitative estimate of drug-likeness (QED) is 0.441. The van der Waals surface area contributed by atoms with Crippen LogP contribution < -0.4 is 14.8 Å². The highest BCUT2D eigenvalue weighted by molar-refractivity contribution is 6.35. The van der Waals surface area contributed by atoms with Crippen LogP contribution in [0.3, 0.4) is 0 Å². The number of hydrogen-bond donors (Lipinski definition) is 1. The fraction of sp³-hybridized carbons (Fsp3) is 0.227. The van der Waals surface area contributed by atoms with E-state index in [1.807, 2.05) is 42.5 Å². The molecular formula is C22H22Cl2N2O2. The van der Waals surface area contributed by atoms with Gasteiger partial charge in [-0.15, -0.1) is 0 Å². The second-order valence-electron chi connectivity index (χ2n) is 6.22. The first-order valence-corrected chi connectivity index (χ1v) is 9.86. The van der Waals surface area contributed by atoms with Gasteiger partial charge in [0.05, 0.1) is 6.61 Å². The molecule has 1 aromatic heterocycles. The molecule has 6 heteroatoms. The van der Waals surface area contributed by atoms with Gasteiger partial charge in [-0.1, -0.05) is 47.5 Å². The minimum absolute atomic E-state index is 0.407. The Morgan fingerprint density at radius 1 is 0.929 bits per heavy atom. The van der Waals surface area contributed by atoms with E-state index in [9.17, 15) is 0 Å². The van der Waals surface area contributed by atoms with E-state index < -0.39 is 0 Å². The first kappa shape index (κ1) is 20.5. The van der Waals surface area contributed by atoms with Crippen molar-refractivity contribution >= 4 is 23.2 Å². The molecule has 1 heterocycles. The molecule has 0 radical (unpaired) electrons. The van der Waals surface area contributed by atoms with Crippen LogP contribution in [0.15, 0.2) is 66.9 Å². The standard InChI is InChI=1S/C22H22Cl2N2O2/c23-19-8-7-18(21(24)14-19)16-28-20-9-5-17(6-10-20)15-25-11-3-13-27-22-4-1-2-12-26-22/h1-2,4-10,12,14,25H,3,11,13,15-16H2. The maximum atomic E-state index is 6.16. The summed E-state index contributed by atoms with van der Waals surface area (Å²) in [6.45, 7) is 2.72. The molecule has 3 aromatic rings. The van der Waals surface area contributed by atoms with Crippen LogP contribution in [0.2, 0.25) is 10.0 Å². The van der Waals surface area contributed by atoms with Crippen molar-refractivity contribution in [1.29, 1.82) is 0 Å². The summed E-state index contributed by atoms with van der Waals surface area (Å²) in [7, 11) is 0. The van der Waals surface area contributed by atoms with Crippen LogP contribution in [0.1, 0.15) is 17.5 Å². The first-order chi connectivity index (χ1) is 13.7. The average Bonchev–Trinajstić information content (AvgIpc) is 2.72. The molecule has 0 aliphatic carbocycles. The maximum absolute atomic E-state index is 6.16. The zero-order valence-corrected chi connectivity index (χ0v) is 16.9. The Kier molecular flexibility index (Phi) is 7.97. The zero-order valence-electron chi connectivity index (χ0n) is 15.4. The summed E-state index contributed by atoms with van der Waals surface area (Å²) >= 11 is 12.1. The second kappa shape index (κ2) is 10.9. The molecule has 1 N–H and O–H groups in total. The van der Waals surface area contributed by atoms with Gasteiger partial charge < -0.3 is 14.8 Å². The summed E-state index contributed by atoms with van der Waals surface area (Å²) in [5, 5.41) is 4.64. The molecule has 0 aliphatic rings. The third-order valence-electron chi connectivity index (χ3n) is 4.05. The van der Waals surface area contributed by atoms with Crippen LogP contribution in [0, 0.1) is 0 Å². The molecule has 0 bridgehead atoms. The summed E-state index contributed by atoms with van der Waals surface area (Å²) < 4.78 is 11.4. The highest BCUT2D eigenvalue weighted by atomic mass is 35.5. The highest BCUT2D eigenvalue weighted by Gasteiger charge is 2.03. The Bertz CT molecular complexity index is 858. The Morgan fingerprint density at radius 2 is 1.79 bits per heavy atom. The lowest BCUT2D eigenvalue weighted by atomic mass is 10.2. The molecule has 0 saturated carbocycles. The van der Waals surface area contributed by atoms with Gasteiger partial charge in [0.1, 0.15) is 12.4 Å². The molecule has 0 unspecified atom stereocenters. The minimum Gasteiger partial charge on any atom is -0.489 e. The molecule has 2 aromatic carbocycles. The van der Waals surface area contributed by atoms with Gasteiger partial charge in [0.25, 0.3) is 0 Å². The van der Waals surface area contributed by atoms with Crippen molar-refractivity contribution in [2.75, 3.05) is 13.2 Å². The summed E-state index contributed by atoms with van der Waals surface area (Å²) in [5.41, 5.74) is 2.10. The van der Waals surface area contributed by atoms with Crippen LogP contribution >= 0.6 is 23.2 Å². The number of ether oxygens (including phenoxy) is 2. The lowest BCUT2D eigenvalue weighted by Gasteiger charge is -2.10. The molecular weight excluding hydrogens is 395 g/mol. The highest BCUT2D eigenvalue weighted by Crippen LogP contribution is 2.22. The van der Waals surface area contributed by atoms with Gasteiger partial charge in [-0.3, -0.25) is 0 Å². The van der Waals surface area contributed by atoms with Gasteiger partial charge in [-0.2, -0.15) is 0 Å². The third-order valence-corrected chi connectivity index (χ3v) is 4.63. The second-order valence-corrected chi connectivity index (χ2v) is 7.06. The number of halogens is 2. The van der Waals surface area contributed by atoms with E-state index >= 15 is 0 Å². The van der Waals surface area contributed by atoms with Crippen molar-refractivity contribution in [2.45, 2.75) is 19.6 Å². The monoisotopic (exact) mass is 416 g/mol. The summed E-state index contributed by atoms with van der Waals surface area (Å²) in [4.78, 5) is 4.13. The van der Waals surface area contributed by atoms with Crippen molar-refractivity contribution in [1.82, 2.24) is 10.3 Å². The van der Waals surface area contributed by atoms with Crippen molar-refractivity contribution in [3.8, 4) is 11.6 Å². The number of hydrogen-bond acceptors (Lipinski definition) is 4. The largest absolute Gasteiger partial charge is 0.489 e. The first-order valence-electron chi connectivity index (χ1n) is 9.11. The van der Waals surface area contributed by atoms with E-state index in [1.54, 1.807) is 12.3 Å². The number of aromatic nitrogens is 1. The van der Waals surface area contributed by atoms with E-state index in [2.05, 4.69) is 22.4 Å². The number of nitrogens with one attached hydrogen (secondary N) is 1. The molecule has 0 aliphatic heterocycles. The van der Waals surface area contributed by atoms with Gasteiger partial charge in [0.2, 0.25) is 5.88 Å². The van der Waals surface area contributed by atoms with Gasteiger partial charge >= 0.3 is 0 Å². The summed E-state index contributed by atoms with van der Waals surface area (Å²) in [6.07, 6.45) is 2.64. The topological polar surface area (TPSA) is 43.4 Å². The molecule has 0 saturated heterocycles. The normalized spacial score (nSPS) is 10.6. The predicted molar refractivity (Wildman–Crippen MR) is 113 cm³/mol. The van der Waals surface area contributed by atoms with Crippen LogP contribution in [-0.4, -0.2) is 18.1 Å². The number of pyridine rings is 1.